The second-order valence-electron chi connectivity index (χ2n) is 2.67. The fourth-order valence-corrected chi connectivity index (χ4v) is 0.618. The highest BCUT2D eigenvalue weighted by Gasteiger charge is 2.29. The molecule has 0 fully saturated rings. The van der Waals surface area contributed by atoms with Crippen LogP contribution in [-0.4, -0.2) is 86.8 Å². The molecule has 8 nitrogen and oxygen atoms in total. The average Bonchev–Trinajstić information content (AvgIpc) is 2.38. The van der Waals surface area contributed by atoms with Gasteiger partial charge >= 0.3 is 0 Å². The van der Waals surface area contributed by atoms with Gasteiger partial charge in [-0.2, -0.15) is 0 Å². The third-order valence-corrected chi connectivity index (χ3v) is 1.42. The first-order valence-corrected chi connectivity index (χ1v) is 4.80. The van der Waals surface area contributed by atoms with Gasteiger partial charge in [0, 0.05) is 13.7 Å². The summed E-state index contributed by atoms with van der Waals surface area (Å²) < 4.78 is 0. The molecule has 8 heteroatoms. The molecule has 0 amide bonds. The van der Waals surface area contributed by atoms with Crippen LogP contribution in [0.25, 0.3) is 0 Å². The lowest BCUT2D eigenvalue weighted by atomic mass is 10.0. The van der Waals surface area contributed by atoms with Gasteiger partial charge in [0.2, 0.25) is 0 Å². The Hall–Kier alpha value is -0.610. The summed E-state index contributed by atoms with van der Waals surface area (Å²) in [6.45, 7) is 1.17. The molecular weight excluding hydrogens is 236 g/mol. The van der Waals surface area contributed by atoms with E-state index >= 15 is 0 Å². The quantitative estimate of drug-likeness (QED) is 0.247. The third-order valence-electron chi connectivity index (χ3n) is 1.42. The number of hydrogen-bond acceptors (Lipinski definition) is 8. The van der Waals surface area contributed by atoms with Crippen molar-refractivity contribution in [2.45, 2.75) is 31.3 Å². The van der Waals surface area contributed by atoms with E-state index < -0.39 is 31.0 Å². The smallest absolute Gasteiger partial charge is 0.151 e. The predicted molar refractivity (Wildman–Crippen MR) is 58.1 cm³/mol. The highest BCUT2D eigenvalue weighted by atomic mass is 16.4. The molecule has 0 aromatic heterocycles. The molecule has 0 saturated heterocycles. The van der Waals surface area contributed by atoms with E-state index in [1.807, 2.05) is 0 Å². The second-order valence-corrected chi connectivity index (χ2v) is 2.67. The maximum atomic E-state index is 9.90. The lowest BCUT2D eigenvalue weighted by Gasteiger charge is -2.22. The number of carbonyl (C=O) groups is 1. The highest BCUT2D eigenvalue weighted by Crippen LogP contribution is 2.02. The average molecular weight is 258 g/mol. The molecule has 7 N–H and O–H groups in total. The zero-order valence-electron chi connectivity index (χ0n) is 9.84. The first-order chi connectivity index (χ1) is 7.95. The maximum absolute atomic E-state index is 9.90. The van der Waals surface area contributed by atoms with Crippen LogP contribution in [-0.2, 0) is 4.79 Å². The van der Waals surface area contributed by atoms with E-state index in [1.54, 1.807) is 6.92 Å². The van der Waals surface area contributed by atoms with Crippen LogP contribution in [0.5, 0.6) is 0 Å². The van der Waals surface area contributed by atoms with Crippen molar-refractivity contribution < 1.29 is 40.5 Å². The standard InChI is InChI=1S/C6H12O6.C2H6O.CH4O/c7-1-3(9)5(11)6(12)4(10)2-8;1-2-3;1-2/h1,3-6,8-12H,2H2;3H,2H2,1H3;2H,1H3/t3-,4+,5+,6+;;/m0../s1. The molecule has 0 aromatic rings. The van der Waals surface area contributed by atoms with Gasteiger partial charge in [-0.3, -0.25) is 0 Å². The molecule has 0 rings (SSSR count). The van der Waals surface area contributed by atoms with Crippen LogP contribution in [0, 0.1) is 0 Å². The molecule has 0 saturated carbocycles. The van der Waals surface area contributed by atoms with Gasteiger partial charge < -0.3 is 40.5 Å². The Morgan fingerprint density at radius 1 is 1.00 bits per heavy atom. The van der Waals surface area contributed by atoms with Crippen LogP contribution in [0.3, 0.4) is 0 Å². The van der Waals surface area contributed by atoms with Gasteiger partial charge in [-0.15, -0.1) is 0 Å². The lowest BCUT2D eigenvalue weighted by Crippen LogP contribution is -2.46. The van der Waals surface area contributed by atoms with Crippen molar-refractivity contribution in [1.29, 1.82) is 0 Å². The summed E-state index contributed by atoms with van der Waals surface area (Å²) in [5.74, 6) is 0. The summed E-state index contributed by atoms with van der Waals surface area (Å²) in [5.41, 5.74) is 0. The summed E-state index contributed by atoms with van der Waals surface area (Å²) in [6.07, 6.45) is -6.84. The van der Waals surface area contributed by atoms with E-state index in [1.165, 1.54) is 0 Å². The van der Waals surface area contributed by atoms with Crippen LogP contribution in [0.15, 0.2) is 0 Å². The molecule has 17 heavy (non-hydrogen) atoms. The van der Waals surface area contributed by atoms with Crippen LogP contribution in [0.2, 0.25) is 0 Å². The van der Waals surface area contributed by atoms with E-state index in [0.29, 0.717) is 0 Å². The normalized spacial score (nSPS) is 16.3. The van der Waals surface area contributed by atoms with E-state index in [0.717, 1.165) is 7.11 Å². The Kier molecular flexibility index (Phi) is 19.6. The van der Waals surface area contributed by atoms with Crippen molar-refractivity contribution in [2.24, 2.45) is 0 Å². The van der Waals surface area contributed by atoms with Gasteiger partial charge in [0.25, 0.3) is 0 Å². The van der Waals surface area contributed by atoms with Crippen molar-refractivity contribution in [3.8, 4) is 0 Å². The van der Waals surface area contributed by atoms with Crippen molar-refractivity contribution in [3.05, 3.63) is 0 Å². The van der Waals surface area contributed by atoms with Gasteiger partial charge in [-0.25, -0.2) is 0 Å². The van der Waals surface area contributed by atoms with E-state index in [9.17, 15) is 4.79 Å². The molecule has 0 radical (unpaired) electrons. The fourth-order valence-electron chi connectivity index (χ4n) is 0.618. The number of aliphatic hydroxyl groups excluding tert-OH is 7. The van der Waals surface area contributed by atoms with E-state index in [2.05, 4.69) is 0 Å². The van der Waals surface area contributed by atoms with Crippen LogP contribution in [0.1, 0.15) is 6.92 Å². The molecular formula is C9H22O8. The minimum Gasteiger partial charge on any atom is -0.400 e. The molecule has 0 aliphatic rings. The number of carbonyl (C=O) groups excluding carboxylic acids is 1. The SMILES string of the molecule is CCO.CO.O=C[C@H](O)[C@@H](O)[C@H](O)[C@H](O)CO. The molecule has 0 spiro atoms. The summed E-state index contributed by atoms with van der Waals surface area (Å²) >= 11 is 0. The Labute approximate surface area is 99.4 Å². The largest absolute Gasteiger partial charge is 0.400 e. The number of aliphatic hydroxyl groups is 7. The Bertz CT molecular complexity index is 154. The van der Waals surface area contributed by atoms with Crippen molar-refractivity contribution in [3.63, 3.8) is 0 Å². The number of aldehydes is 1. The minimum atomic E-state index is -1.79. The summed E-state index contributed by atoms with van der Waals surface area (Å²) in [6, 6.07) is 0. The third kappa shape index (κ3) is 11.6. The second kappa shape index (κ2) is 15.4. The molecule has 0 aliphatic carbocycles. The minimum absolute atomic E-state index is 0.0258. The predicted octanol–water partition coefficient (Wildman–Crippen LogP) is -3.77. The van der Waals surface area contributed by atoms with Gasteiger partial charge in [0.1, 0.15) is 24.4 Å². The van der Waals surface area contributed by atoms with Gasteiger partial charge in [-0.1, -0.05) is 0 Å². The molecule has 106 valence electrons. The zero-order chi connectivity index (χ0) is 14.4. The Morgan fingerprint density at radius 2 is 1.35 bits per heavy atom. The zero-order valence-corrected chi connectivity index (χ0v) is 9.84. The topological polar surface area (TPSA) is 159 Å². The monoisotopic (exact) mass is 258 g/mol. The fraction of sp³-hybridized carbons (Fsp3) is 0.889. The van der Waals surface area contributed by atoms with Crippen molar-refractivity contribution in [2.75, 3.05) is 20.3 Å². The first-order valence-electron chi connectivity index (χ1n) is 4.80. The molecule has 0 heterocycles. The van der Waals surface area contributed by atoms with Crippen molar-refractivity contribution in [1.82, 2.24) is 0 Å². The number of hydrogen-bond donors (Lipinski definition) is 7. The first kappa shape index (κ1) is 21.7. The van der Waals surface area contributed by atoms with Crippen molar-refractivity contribution >= 4 is 6.29 Å². The Morgan fingerprint density at radius 3 is 1.59 bits per heavy atom. The number of rotatable bonds is 5. The van der Waals surface area contributed by atoms with E-state index in [4.69, 9.17) is 35.7 Å². The summed E-state index contributed by atoms with van der Waals surface area (Å²) in [4.78, 5) is 9.90. The van der Waals surface area contributed by atoms with Gasteiger partial charge in [-0.05, 0) is 6.92 Å². The van der Waals surface area contributed by atoms with Gasteiger partial charge in [0.05, 0.1) is 6.61 Å². The molecule has 0 aliphatic heterocycles. The lowest BCUT2D eigenvalue weighted by molar-refractivity contribution is -0.136. The van der Waals surface area contributed by atoms with Crippen LogP contribution >= 0.6 is 0 Å². The summed E-state index contributed by atoms with van der Waals surface area (Å²) in [5, 5.41) is 58.1. The Balaban J connectivity index is -0.000000337. The van der Waals surface area contributed by atoms with Gasteiger partial charge in [0.15, 0.2) is 6.29 Å². The summed E-state index contributed by atoms with van der Waals surface area (Å²) in [7, 11) is 1.00. The molecule has 0 unspecified atom stereocenters. The maximum Gasteiger partial charge on any atom is 0.151 e. The molecule has 0 aromatic carbocycles. The molecule has 4 atom stereocenters. The van der Waals surface area contributed by atoms with Crippen LogP contribution in [0.4, 0.5) is 0 Å². The van der Waals surface area contributed by atoms with E-state index in [-0.39, 0.29) is 12.9 Å². The molecule has 0 bridgehead atoms. The van der Waals surface area contributed by atoms with Crippen LogP contribution < -0.4 is 0 Å². The highest BCUT2D eigenvalue weighted by molar-refractivity contribution is 5.56.